The topological polar surface area (TPSA) is 52.6 Å². The number of benzene rings is 1. The first kappa shape index (κ1) is 14.5. The van der Waals surface area contributed by atoms with Crippen LogP contribution in [0.4, 0.5) is 0 Å². The lowest BCUT2D eigenvalue weighted by Gasteiger charge is -2.13. The predicted octanol–water partition coefficient (Wildman–Crippen LogP) is 2.71. The molecule has 0 unspecified atom stereocenters. The maximum absolute atomic E-state index is 12.0. The van der Waals surface area contributed by atoms with Crippen LogP contribution in [0.15, 0.2) is 6.07 Å². The van der Waals surface area contributed by atoms with Crippen LogP contribution in [0, 0.1) is 13.8 Å². The lowest BCUT2D eigenvalue weighted by molar-refractivity contribution is -0.137. The molecule has 0 amide bonds. The van der Waals surface area contributed by atoms with E-state index in [-0.39, 0.29) is 17.2 Å². The summed E-state index contributed by atoms with van der Waals surface area (Å²) in [5, 5.41) is 0.218. The smallest absolute Gasteiger partial charge is 0.379 e. The summed E-state index contributed by atoms with van der Waals surface area (Å²) >= 11 is 6.08. The molecule has 1 aromatic carbocycles. The summed E-state index contributed by atoms with van der Waals surface area (Å²) in [6, 6.07) is 1.79. The Bertz CT molecular complexity index is 494. The first-order chi connectivity index (χ1) is 8.43. The Morgan fingerprint density at radius 2 is 1.89 bits per heavy atom. The van der Waals surface area contributed by atoms with E-state index in [2.05, 4.69) is 4.74 Å². The molecule has 18 heavy (non-hydrogen) atoms. The van der Waals surface area contributed by atoms with E-state index in [1.165, 1.54) is 7.11 Å². The van der Waals surface area contributed by atoms with Crippen LogP contribution in [0.3, 0.4) is 0 Å². The highest BCUT2D eigenvalue weighted by atomic mass is 35.5. The van der Waals surface area contributed by atoms with Crippen molar-refractivity contribution in [2.45, 2.75) is 20.8 Å². The highest BCUT2D eigenvalue weighted by Crippen LogP contribution is 2.33. The summed E-state index contributed by atoms with van der Waals surface area (Å²) in [6.07, 6.45) is 0. The highest BCUT2D eigenvalue weighted by molar-refractivity contribution is 6.46. The lowest BCUT2D eigenvalue weighted by atomic mass is 10.0. The van der Waals surface area contributed by atoms with Crippen molar-refractivity contribution in [3.63, 3.8) is 0 Å². The molecule has 0 spiro atoms. The molecule has 0 aliphatic carbocycles. The van der Waals surface area contributed by atoms with Crippen molar-refractivity contribution in [1.29, 1.82) is 0 Å². The van der Waals surface area contributed by atoms with Crippen molar-refractivity contribution in [3.8, 4) is 5.75 Å². The van der Waals surface area contributed by atoms with Gasteiger partial charge in [0.25, 0.3) is 5.78 Å². The molecular weight excluding hydrogens is 256 g/mol. The molecule has 98 valence electrons. The molecule has 0 bridgehead atoms. The second-order valence-corrected chi connectivity index (χ2v) is 4.16. The number of aryl methyl sites for hydroxylation is 2. The van der Waals surface area contributed by atoms with Gasteiger partial charge in [-0.15, -0.1) is 0 Å². The molecule has 0 heterocycles. The fourth-order valence-electron chi connectivity index (χ4n) is 1.71. The number of halogens is 1. The highest BCUT2D eigenvalue weighted by Gasteiger charge is 2.26. The molecule has 0 saturated carbocycles. The van der Waals surface area contributed by atoms with Crippen molar-refractivity contribution in [3.05, 3.63) is 27.8 Å². The van der Waals surface area contributed by atoms with Crippen LogP contribution >= 0.6 is 11.6 Å². The van der Waals surface area contributed by atoms with Crippen molar-refractivity contribution >= 4 is 23.4 Å². The second-order valence-electron chi connectivity index (χ2n) is 3.78. The first-order valence-corrected chi connectivity index (χ1v) is 5.86. The molecule has 0 saturated heterocycles. The molecule has 0 aliphatic rings. The zero-order valence-electron chi connectivity index (χ0n) is 10.8. The van der Waals surface area contributed by atoms with Crippen molar-refractivity contribution in [2.75, 3.05) is 13.7 Å². The number of rotatable bonds is 4. The van der Waals surface area contributed by atoms with E-state index in [0.29, 0.717) is 11.3 Å². The van der Waals surface area contributed by atoms with Gasteiger partial charge >= 0.3 is 5.97 Å². The molecule has 0 radical (unpaired) electrons. The van der Waals surface area contributed by atoms with E-state index in [0.717, 1.165) is 5.56 Å². The Morgan fingerprint density at radius 1 is 1.28 bits per heavy atom. The van der Waals surface area contributed by atoms with Crippen molar-refractivity contribution in [1.82, 2.24) is 0 Å². The summed E-state index contributed by atoms with van der Waals surface area (Å²) in [7, 11) is 1.43. The van der Waals surface area contributed by atoms with E-state index in [4.69, 9.17) is 16.3 Å². The molecule has 1 rings (SSSR count). The number of esters is 1. The number of hydrogen-bond donors (Lipinski definition) is 0. The molecule has 1 aromatic rings. The SMILES string of the molecule is CCOC(=O)C(=O)c1c(Cl)c(C)cc(C)c1OC. The average Bonchev–Trinajstić information content (AvgIpc) is 2.32. The van der Waals surface area contributed by atoms with Crippen LogP contribution in [0.2, 0.25) is 5.02 Å². The minimum atomic E-state index is -0.928. The van der Waals surface area contributed by atoms with Crippen molar-refractivity contribution < 1.29 is 19.1 Å². The zero-order valence-corrected chi connectivity index (χ0v) is 11.6. The van der Waals surface area contributed by atoms with Gasteiger partial charge in [0.1, 0.15) is 5.75 Å². The predicted molar refractivity (Wildman–Crippen MR) is 68.4 cm³/mol. The van der Waals surface area contributed by atoms with E-state index in [1.807, 2.05) is 0 Å². The molecule has 0 aromatic heterocycles. The van der Waals surface area contributed by atoms with Crippen LogP contribution in [0.25, 0.3) is 0 Å². The maximum atomic E-state index is 12.0. The van der Waals surface area contributed by atoms with Gasteiger partial charge in [-0.1, -0.05) is 17.7 Å². The number of Topliss-reactive ketones (excluding diaryl/α,β-unsaturated/α-hetero) is 1. The van der Waals surface area contributed by atoms with Crippen LogP contribution in [-0.4, -0.2) is 25.5 Å². The van der Waals surface area contributed by atoms with Gasteiger partial charge in [0, 0.05) is 0 Å². The minimum Gasteiger partial charge on any atom is -0.496 e. The Morgan fingerprint density at radius 3 is 2.39 bits per heavy atom. The number of carbonyl (C=O) groups is 2. The molecule has 4 nitrogen and oxygen atoms in total. The third-order valence-corrected chi connectivity index (χ3v) is 2.96. The zero-order chi connectivity index (χ0) is 13.9. The Balaban J connectivity index is 3.38. The molecule has 5 heteroatoms. The minimum absolute atomic E-state index is 0.0649. The van der Waals surface area contributed by atoms with Crippen LogP contribution in [0.5, 0.6) is 5.75 Å². The fraction of sp³-hybridized carbons (Fsp3) is 0.385. The number of ether oxygens (including phenoxy) is 2. The van der Waals surface area contributed by atoms with Gasteiger partial charge in [0.05, 0.1) is 24.3 Å². The number of ketones is 1. The number of hydrogen-bond acceptors (Lipinski definition) is 4. The van der Waals surface area contributed by atoms with Gasteiger partial charge in [0.15, 0.2) is 0 Å². The Hall–Kier alpha value is -1.55. The molecule has 0 atom stereocenters. The Labute approximate surface area is 111 Å². The van der Waals surface area contributed by atoms with Gasteiger partial charge < -0.3 is 9.47 Å². The van der Waals surface area contributed by atoms with Gasteiger partial charge in [0.2, 0.25) is 0 Å². The van der Waals surface area contributed by atoms with Crippen molar-refractivity contribution in [2.24, 2.45) is 0 Å². The van der Waals surface area contributed by atoms with Crippen LogP contribution in [-0.2, 0) is 9.53 Å². The summed E-state index contributed by atoms with van der Waals surface area (Å²) in [4.78, 5) is 23.5. The molecule has 0 N–H and O–H groups in total. The lowest BCUT2D eigenvalue weighted by Crippen LogP contribution is -2.19. The third kappa shape index (κ3) is 2.64. The largest absolute Gasteiger partial charge is 0.496 e. The van der Waals surface area contributed by atoms with Gasteiger partial charge in [-0.2, -0.15) is 0 Å². The first-order valence-electron chi connectivity index (χ1n) is 5.49. The van der Waals surface area contributed by atoms with Gasteiger partial charge in [-0.3, -0.25) is 4.79 Å². The summed E-state index contributed by atoms with van der Waals surface area (Å²) in [6.45, 7) is 5.31. The van der Waals surface area contributed by atoms with E-state index >= 15 is 0 Å². The molecular formula is C13H15ClO4. The fourth-order valence-corrected chi connectivity index (χ4v) is 1.94. The van der Waals surface area contributed by atoms with Gasteiger partial charge in [-0.25, -0.2) is 4.79 Å². The summed E-state index contributed by atoms with van der Waals surface area (Å²) in [5.74, 6) is -1.41. The maximum Gasteiger partial charge on any atom is 0.379 e. The van der Waals surface area contributed by atoms with Gasteiger partial charge in [-0.05, 0) is 31.9 Å². The van der Waals surface area contributed by atoms with E-state index in [1.54, 1.807) is 26.8 Å². The monoisotopic (exact) mass is 270 g/mol. The average molecular weight is 271 g/mol. The molecule has 0 fully saturated rings. The quantitative estimate of drug-likeness (QED) is 0.480. The van der Waals surface area contributed by atoms with E-state index < -0.39 is 11.8 Å². The summed E-state index contributed by atoms with van der Waals surface area (Å²) < 4.78 is 9.84. The number of carbonyl (C=O) groups excluding carboxylic acids is 2. The second kappa shape index (κ2) is 5.87. The number of methoxy groups -OCH3 is 1. The van der Waals surface area contributed by atoms with E-state index in [9.17, 15) is 9.59 Å². The van der Waals surface area contributed by atoms with Crippen LogP contribution in [0.1, 0.15) is 28.4 Å². The normalized spacial score (nSPS) is 10.1. The third-order valence-electron chi connectivity index (χ3n) is 2.48. The Kier molecular flexibility index (Phi) is 4.73. The van der Waals surface area contributed by atoms with Crippen LogP contribution < -0.4 is 4.74 Å². The molecule has 0 aliphatic heterocycles. The summed E-state index contributed by atoms with van der Waals surface area (Å²) in [5.41, 5.74) is 1.52. The standard InChI is InChI=1S/C13H15ClO4/c1-5-18-13(16)11(15)9-10(14)7(2)6-8(3)12(9)17-4/h6H,5H2,1-4H3.